The maximum absolute atomic E-state index is 12.4. The first kappa shape index (κ1) is 15.8. The summed E-state index contributed by atoms with van der Waals surface area (Å²) in [5.41, 5.74) is 7.45. The highest BCUT2D eigenvalue weighted by atomic mass is 16.5. The maximum atomic E-state index is 12.4. The van der Waals surface area contributed by atoms with Gasteiger partial charge in [0.05, 0.1) is 0 Å². The van der Waals surface area contributed by atoms with E-state index in [0.717, 1.165) is 17.7 Å². The zero-order chi connectivity index (χ0) is 17.1. The number of pyridine rings is 1. The van der Waals surface area contributed by atoms with Crippen LogP contribution in [-0.4, -0.2) is 29.9 Å². The summed E-state index contributed by atoms with van der Waals surface area (Å²) in [7, 11) is 0. The number of carbonyl (C=O) groups excluding carboxylic acids is 2. The second-order valence-electron chi connectivity index (χ2n) is 5.39. The summed E-state index contributed by atoms with van der Waals surface area (Å²) in [6, 6.07) is 10.8. The molecule has 0 radical (unpaired) electrons. The van der Waals surface area contributed by atoms with Crippen molar-refractivity contribution in [2.75, 3.05) is 29.1 Å². The second kappa shape index (κ2) is 6.57. The van der Waals surface area contributed by atoms with E-state index in [1.165, 1.54) is 4.90 Å². The van der Waals surface area contributed by atoms with E-state index < -0.39 is 0 Å². The van der Waals surface area contributed by atoms with E-state index in [-0.39, 0.29) is 36.6 Å². The molecular formula is C17H18N4O3. The fraction of sp³-hybridized carbons (Fsp3) is 0.235. The molecule has 1 aromatic carbocycles. The van der Waals surface area contributed by atoms with Gasteiger partial charge in [-0.2, -0.15) is 0 Å². The number of nitrogens with zero attached hydrogens (tertiary/aromatic N) is 2. The fourth-order valence-electron chi connectivity index (χ4n) is 2.54. The van der Waals surface area contributed by atoms with Crippen molar-refractivity contribution in [3.8, 4) is 5.75 Å². The SMILES string of the molecule is CCc1ccccc1NC(=O)CN1C(=O)COc2ccc(N)nc21. The number of benzene rings is 1. The van der Waals surface area contributed by atoms with E-state index in [9.17, 15) is 9.59 Å². The van der Waals surface area contributed by atoms with Crippen LogP contribution in [0.2, 0.25) is 0 Å². The molecule has 0 fully saturated rings. The van der Waals surface area contributed by atoms with Crippen LogP contribution in [0.15, 0.2) is 36.4 Å². The number of fused-ring (bicyclic) bond motifs is 1. The van der Waals surface area contributed by atoms with Crippen molar-refractivity contribution in [3.63, 3.8) is 0 Å². The van der Waals surface area contributed by atoms with Crippen molar-refractivity contribution in [1.29, 1.82) is 0 Å². The number of amides is 2. The number of aromatic nitrogens is 1. The van der Waals surface area contributed by atoms with E-state index in [2.05, 4.69) is 10.3 Å². The standard InChI is InChI=1S/C17H18N4O3/c1-2-11-5-3-4-6-12(11)19-15(22)9-21-16(23)10-24-13-7-8-14(18)20-17(13)21/h3-8H,2,9-10H2,1H3,(H2,18,20)(H,19,22). The number of para-hydroxylation sites is 1. The fourth-order valence-corrected chi connectivity index (χ4v) is 2.54. The minimum absolute atomic E-state index is 0.128. The normalized spacial score (nSPS) is 13.2. The molecular weight excluding hydrogens is 308 g/mol. The quantitative estimate of drug-likeness (QED) is 0.889. The van der Waals surface area contributed by atoms with Crippen LogP contribution in [0.3, 0.4) is 0 Å². The number of rotatable bonds is 4. The summed E-state index contributed by atoms with van der Waals surface area (Å²) in [6.07, 6.45) is 0.799. The molecule has 2 aromatic rings. The molecule has 7 nitrogen and oxygen atoms in total. The number of carbonyl (C=O) groups is 2. The Morgan fingerprint density at radius 2 is 2.12 bits per heavy atom. The van der Waals surface area contributed by atoms with Gasteiger partial charge in [-0.1, -0.05) is 25.1 Å². The number of hydrogen-bond acceptors (Lipinski definition) is 5. The lowest BCUT2D eigenvalue weighted by atomic mass is 10.1. The summed E-state index contributed by atoms with van der Waals surface area (Å²) >= 11 is 0. The summed E-state index contributed by atoms with van der Waals surface area (Å²) in [6.45, 7) is 1.74. The average Bonchev–Trinajstić information content (AvgIpc) is 2.58. The predicted molar refractivity (Wildman–Crippen MR) is 90.9 cm³/mol. The van der Waals surface area contributed by atoms with Crippen LogP contribution in [0, 0.1) is 0 Å². The molecule has 0 aliphatic carbocycles. The molecule has 0 saturated carbocycles. The van der Waals surface area contributed by atoms with Crippen molar-refractivity contribution < 1.29 is 14.3 Å². The van der Waals surface area contributed by atoms with Gasteiger partial charge in [-0.15, -0.1) is 0 Å². The highest BCUT2D eigenvalue weighted by molar-refractivity contribution is 6.04. The molecule has 3 N–H and O–H groups in total. The molecule has 1 aromatic heterocycles. The van der Waals surface area contributed by atoms with Gasteiger partial charge in [0, 0.05) is 5.69 Å². The first-order chi connectivity index (χ1) is 11.6. The summed E-state index contributed by atoms with van der Waals surface area (Å²) in [4.78, 5) is 29.9. The molecule has 0 saturated heterocycles. The Kier molecular flexibility index (Phi) is 4.33. The van der Waals surface area contributed by atoms with Crippen molar-refractivity contribution in [1.82, 2.24) is 4.98 Å². The highest BCUT2D eigenvalue weighted by Crippen LogP contribution is 2.30. The molecule has 2 heterocycles. The third-order valence-corrected chi connectivity index (χ3v) is 3.74. The minimum atomic E-state index is -0.334. The van der Waals surface area contributed by atoms with Crippen LogP contribution < -0.4 is 20.7 Å². The number of hydrogen-bond donors (Lipinski definition) is 2. The lowest BCUT2D eigenvalue weighted by Crippen LogP contribution is -2.44. The van der Waals surface area contributed by atoms with Crippen LogP contribution in [0.1, 0.15) is 12.5 Å². The second-order valence-corrected chi connectivity index (χ2v) is 5.39. The van der Waals surface area contributed by atoms with Crippen molar-refractivity contribution in [2.45, 2.75) is 13.3 Å². The van der Waals surface area contributed by atoms with Crippen LogP contribution in [-0.2, 0) is 16.0 Å². The zero-order valence-electron chi connectivity index (χ0n) is 13.3. The molecule has 7 heteroatoms. The van der Waals surface area contributed by atoms with Crippen molar-refractivity contribution in [2.24, 2.45) is 0 Å². The number of nitrogen functional groups attached to an aromatic ring is 1. The smallest absolute Gasteiger partial charge is 0.266 e. The summed E-state index contributed by atoms with van der Waals surface area (Å²) in [5.74, 6) is 0.324. The number of aryl methyl sites for hydroxylation is 1. The molecule has 3 rings (SSSR count). The minimum Gasteiger partial charge on any atom is -0.480 e. The van der Waals surface area contributed by atoms with Gasteiger partial charge < -0.3 is 15.8 Å². The van der Waals surface area contributed by atoms with Gasteiger partial charge in [-0.25, -0.2) is 4.98 Å². The number of anilines is 3. The molecule has 0 unspecified atom stereocenters. The lowest BCUT2D eigenvalue weighted by Gasteiger charge is -2.27. The Balaban J connectivity index is 1.79. The van der Waals surface area contributed by atoms with Gasteiger partial charge in [0.15, 0.2) is 18.2 Å². The van der Waals surface area contributed by atoms with Crippen LogP contribution in [0.5, 0.6) is 5.75 Å². The number of nitrogens with two attached hydrogens (primary N) is 1. The molecule has 1 aliphatic rings. The van der Waals surface area contributed by atoms with Gasteiger partial charge in [-0.05, 0) is 30.2 Å². The Morgan fingerprint density at radius 3 is 2.92 bits per heavy atom. The van der Waals surface area contributed by atoms with E-state index in [0.29, 0.717) is 5.75 Å². The number of nitrogens with one attached hydrogen (secondary N) is 1. The summed E-state index contributed by atoms with van der Waals surface area (Å²) < 4.78 is 5.32. The largest absolute Gasteiger partial charge is 0.480 e. The van der Waals surface area contributed by atoms with Crippen LogP contribution in [0.4, 0.5) is 17.3 Å². The van der Waals surface area contributed by atoms with Gasteiger partial charge in [-0.3, -0.25) is 14.5 Å². The van der Waals surface area contributed by atoms with E-state index in [1.807, 2.05) is 31.2 Å². The molecule has 2 amide bonds. The Morgan fingerprint density at radius 1 is 1.33 bits per heavy atom. The highest BCUT2D eigenvalue weighted by Gasteiger charge is 2.29. The van der Waals surface area contributed by atoms with Crippen molar-refractivity contribution >= 4 is 29.1 Å². The van der Waals surface area contributed by atoms with Gasteiger partial charge >= 0.3 is 0 Å². The maximum Gasteiger partial charge on any atom is 0.266 e. The monoisotopic (exact) mass is 326 g/mol. The van der Waals surface area contributed by atoms with Gasteiger partial charge in [0.1, 0.15) is 12.4 Å². The lowest BCUT2D eigenvalue weighted by molar-refractivity contribution is -0.123. The van der Waals surface area contributed by atoms with E-state index in [1.54, 1.807) is 12.1 Å². The molecule has 124 valence electrons. The van der Waals surface area contributed by atoms with Crippen LogP contribution >= 0.6 is 0 Å². The third kappa shape index (κ3) is 3.15. The molecule has 0 bridgehead atoms. The first-order valence-electron chi connectivity index (χ1n) is 7.66. The topological polar surface area (TPSA) is 97.5 Å². The van der Waals surface area contributed by atoms with E-state index in [4.69, 9.17) is 10.5 Å². The molecule has 24 heavy (non-hydrogen) atoms. The third-order valence-electron chi connectivity index (χ3n) is 3.74. The van der Waals surface area contributed by atoms with Crippen molar-refractivity contribution in [3.05, 3.63) is 42.0 Å². The Bertz CT molecular complexity index is 791. The predicted octanol–water partition coefficient (Wildman–Crippen LogP) is 1.59. The number of ether oxygens (including phenoxy) is 1. The Labute approximate surface area is 139 Å². The first-order valence-corrected chi connectivity index (χ1v) is 7.66. The molecule has 1 aliphatic heterocycles. The van der Waals surface area contributed by atoms with Gasteiger partial charge in [0.2, 0.25) is 5.91 Å². The van der Waals surface area contributed by atoms with Gasteiger partial charge in [0.25, 0.3) is 5.91 Å². The summed E-state index contributed by atoms with van der Waals surface area (Å²) in [5, 5.41) is 2.84. The average molecular weight is 326 g/mol. The molecule has 0 spiro atoms. The van der Waals surface area contributed by atoms with Crippen LogP contribution in [0.25, 0.3) is 0 Å². The Hall–Kier alpha value is -3.09. The van der Waals surface area contributed by atoms with E-state index >= 15 is 0 Å². The molecule has 0 atom stereocenters. The zero-order valence-corrected chi connectivity index (χ0v) is 13.3.